The number of ether oxygens (including phenoxy) is 1. The van der Waals surface area contributed by atoms with Crippen molar-refractivity contribution in [2.24, 2.45) is 0 Å². The smallest absolute Gasteiger partial charge is 0.406 e. The average Bonchev–Trinajstić information content (AvgIpc) is 2.32. The molecule has 1 aromatic carbocycles. The molecule has 0 aromatic heterocycles. The van der Waals surface area contributed by atoms with Gasteiger partial charge in [-0.1, -0.05) is 12.1 Å². The number of alkyl halides is 3. The fraction of sp³-hybridized carbons (Fsp3) is 0.500. The lowest BCUT2D eigenvalue weighted by Gasteiger charge is -2.27. The summed E-state index contributed by atoms with van der Waals surface area (Å²) in [5, 5.41) is 3.33. The highest BCUT2D eigenvalue weighted by atomic mass is 32.2. The normalized spacial score (nSPS) is 28.1. The Labute approximate surface area is 111 Å². The third-order valence-corrected chi connectivity index (χ3v) is 4.67. The maximum absolute atomic E-state index is 12.0. The third kappa shape index (κ3) is 3.94. The number of benzene rings is 1. The molecule has 1 heterocycles. The molecule has 0 aliphatic carbocycles. The first-order valence-electron chi connectivity index (χ1n) is 5.81. The molecule has 1 aliphatic rings. The molecular formula is C12H14F3NO2S. The van der Waals surface area contributed by atoms with E-state index < -0.39 is 17.2 Å². The standard InChI is InChI=1S/C12H14F3NO2S/c1-8-6-16-11(7-19(8)17)9-2-4-10(5-3-9)18-12(13,14)15/h2-5,8,11,16H,6-7H2,1H3. The number of rotatable bonds is 2. The van der Waals surface area contributed by atoms with E-state index in [1.54, 1.807) is 12.1 Å². The minimum absolute atomic E-state index is 0.0861. The number of halogens is 3. The minimum Gasteiger partial charge on any atom is -0.406 e. The Morgan fingerprint density at radius 2 is 1.95 bits per heavy atom. The Balaban J connectivity index is 2.04. The molecule has 106 valence electrons. The van der Waals surface area contributed by atoms with Crippen LogP contribution in [0.2, 0.25) is 0 Å². The van der Waals surface area contributed by atoms with Crippen LogP contribution in [0.5, 0.6) is 5.75 Å². The summed E-state index contributed by atoms with van der Waals surface area (Å²) in [7, 11) is -0.910. The van der Waals surface area contributed by atoms with Gasteiger partial charge in [-0.05, 0) is 24.6 Å². The molecule has 0 bridgehead atoms. The van der Waals surface area contributed by atoms with E-state index in [0.29, 0.717) is 12.3 Å². The number of nitrogens with one attached hydrogen (secondary N) is 1. The van der Waals surface area contributed by atoms with Gasteiger partial charge in [0.2, 0.25) is 0 Å². The Morgan fingerprint density at radius 3 is 2.47 bits per heavy atom. The summed E-state index contributed by atoms with van der Waals surface area (Å²) < 4.78 is 51.6. The van der Waals surface area contributed by atoms with E-state index in [2.05, 4.69) is 10.1 Å². The maximum Gasteiger partial charge on any atom is 0.573 e. The van der Waals surface area contributed by atoms with Crippen LogP contribution in [0.25, 0.3) is 0 Å². The highest BCUT2D eigenvalue weighted by Crippen LogP contribution is 2.25. The van der Waals surface area contributed by atoms with Gasteiger partial charge in [0.1, 0.15) is 5.75 Å². The minimum atomic E-state index is -4.68. The molecule has 3 nitrogen and oxygen atoms in total. The lowest BCUT2D eigenvalue weighted by Crippen LogP contribution is -2.41. The fourth-order valence-corrected chi connectivity index (χ4v) is 3.15. The molecule has 0 spiro atoms. The second-order valence-electron chi connectivity index (χ2n) is 4.44. The zero-order chi connectivity index (χ0) is 14.0. The maximum atomic E-state index is 12.0. The Morgan fingerprint density at radius 1 is 1.32 bits per heavy atom. The van der Waals surface area contributed by atoms with Crippen molar-refractivity contribution in [2.75, 3.05) is 12.3 Å². The molecule has 1 N–H and O–H groups in total. The molecule has 1 saturated heterocycles. The van der Waals surface area contributed by atoms with Crippen LogP contribution >= 0.6 is 0 Å². The summed E-state index contributed by atoms with van der Waals surface area (Å²) in [6.45, 7) is 2.54. The van der Waals surface area contributed by atoms with Gasteiger partial charge >= 0.3 is 6.36 Å². The largest absolute Gasteiger partial charge is 0.573 e. The van der Waals surface area contributed by atoms with E-state index in [9.17, 15) is 17.4 Å². The summed E-state index contributed by atoms with van der Waals surface area (Å²) in [6, 6.07) is 5.58. The Kier molecular flexibility index (Phi) is 4.15. The van der Waals surface area contributed by atoms with Crippen molar-refractivity contribution in [2.45, 2.75) is 24.6 Å². The van der Waals surface area contributed by atoms with Crippen molar-refractivity contribution >= 4 is 10.8 Å². The van der Waals surface area contributed by atoms with Gasteiger partial charge in [-0.2, -0.15) is 0 Å². The van der Waals surface area contributed by atoms with Gasteiger partial charge in [0.25, 0.3) is 0 Å². The van der Waals surface area contributed by atoms with Crippen molar-refractivity contribution in [3.8, 4) is 5.75 Å². The average molecular weight is 293 g/mol. The summed E-state index contributed by atoms with van der Waals surface area (Å²) in [6.07, 6.45) is -4.68. The van der Waals surface area contributed by atoms with Gasteiger partial charge in [-0.25, -0.2) is 0 Å². The summed E-state index contributed by atoms with van der Waals surface area (Å²) >= 11 is 0. The molecule has 2 rings (SSSR count). The molecule has 19 heavy (non-hydrogen) atoms. The molecule has 0 saturated carbocycles. The van der Waals surface area contributed by atoms with Crippen molar-refractivity contribution in [3.63, 3.8) is 0 Å². The third-order valence-electron chi connectivity index (χ3n) is 2.95. The molecule has 0 amide bonds. The molecule has 3 unspecified atom stereocenters. The molecule has 1 aliphatic heterocycles. The van der Waals surface area contributed by atoms with Crippen molar-refractivity contribution in [1.82, 2.24) is 5.32 Å². The van der Waals surface area contributed by atoms with Gasteiger partial charge in [0.15, 0.2) is 0 Å². The van der Waals surface area contributed by atoms with E-state index in [-0.39, 0.29) is 17.0 Å². The quantitative estimate of drug-likeness (QED) is 0.910. The van der Waals surface area contributed by atoms with Crippen molar-refractivity contribution in [3.05, 3.63) is 29.8 Å². The second kappa shape index (κ2) is 5.50. The predicted octanol–water partition coefficient (Wildman–Crippen LogP) is 2.37. The SMILES string of the molecule is CC1CNC(c2ccc(OC(F)(F)F)cc2)CS1=O. The Hall–Kier alpha value is -1.08. The van der Waals surface area contributed by atoms with E-state index >= 15 is 0 Å². The van der Waals surface area contributed by atoms with Gasteiger partial charge in [0.05, 0.1) is 0 Å². The van der Waals surface area contributed by atoms with Gasteiger partial charge in [-0.15, -0.1) is 13.2 Å². The zero-order valence-corrected chi connectivity index (χ0v) is 11.1. The zero-order valence-electron chi connectivity index (χ0n) is 10.2. The van der Waals surface area contributed by atoms with Crippen LogP contribution < -0.4 is 10.1 Å². The topological polar surface area (TPSA) is 38.3 Å². The molecule has 1 fully saturated rings. The van der Waals surface area contributed by atoms with E-state index in [1.165, 1.54) is 12.1 Å². The lowest BCUT2D eigenvalue weighted by atomic mass is 10.1. The fourth-order valence-electron chi connectivity index (χ4n) is 1.90. The van der Waals surface area contributed by atoms with Crippen LogP contribution in [0.3, 0.4) is 0 Å². The Bertz CT molecular complexity index is 461. The van der Waals surface area contributed by atoms with E-state index in [1.807, 2.05) is 6.92 Å². The molecule has 0 radical (unpaired) electrons. The second-order valence-corrected chi connectivity index (χ2v) is 6.34. The van der Waals surface area contributed by atoms with Crippen LogP contribution in [0.4, 0.5) is 13.2 Å². The first-order chi connectivity index (χ1) is 8.85. The molecule has 1 aromatic rings. The summed E-state index contributed by atoms with van der Waals surface area (Å²) in [4.78, 5) is 0. The number of hydrogen-bond acceptors (Lipinski definition) is 3. The van der Waals surface area contributed by atoms with E-state index in [0.717, 1.165) is 5.56 Å². The van der Waals surface area contributed by atoms with Crippen LogP contribution in [-0.4, -0.2) is 28.1 Å². The monoisotopic (exact) mass is 293 g/mol. The molecule has 7 heteroatoms. The first-order valence-corrected chi connectivity index (χ1v) is 7.19. The van der Waals surface area contributed by atoms with Crippen LogP contribution in [0.15, 0.2) is 24.3 Å². The van der Waals surface area contributed by atoms with Crippen molar-refractivity contribution < 1.29 is 22.1 Å². The van der Waals surface area contributed by atoms with Crippen LogP contribution in [0, 0.1) is 0 Å². The first kappa shape index (κ1) is 14.3. The lowest BCUT2D eigenvalue weighted by molar-refractivity contribution is -0.274. The van der Waals surface area contributed by atoms with Gasteiger partial charge < -0.3 is 10.1 Å². The predicted molar refractivity (Wildman–Crippen MR) is 66.3 cm³/mol. The highest BCUT2D eigenvalue weighted by molar-refractivity contribution is 7.85. The van der Waals surface area contributed by atoms with Crippen LogP contribution in [-0.2, 0) is 10.8 Å². The van der Waals surface area contributed by atoms with Crippen LogP contribution in [0.1, 0.15) is 18.5 Å². The summed E-state index contributed by atoms with van der Waals surface area (Å²) in [5.74, 6) is 0.224. The number of hydrogen-bond donors (Lipinski definition) is 1. The molecular weight excluding hydrogens is 279 g/mol. The summed E-state index contributed by atoms with van der Waals surface area (Å²) in [5.41, 5.74) is 0.815. The van der Waals surface area contributed by atoms with E-state index in [4.69, 9.17) is 0 Å². The van der Waals surface area contributed by atoms with Gasteiger partial charge in [-0.3, -0.25) is 4.21 Å². The highest BCUT2D eigenvalue weighted by Gasteiger charge is 2.31. The van der Waals surface area contributed by atoms with Gasteiger partial charge in [0, 0.05) is 34.4 Å². The molecule has 3 atom stereocenters. The van der Waals surface area contributed by atoms with Crippen molar-refractivity contribution in [1.29, 1.82) is 0 Å².